The molecule has 1 atom stereocenters. The Bertz CT molecular complexity index is 235. The summed E-state index contributed by atoms with van der Waals surface area (Å²) in [6.45, 7) is 1.99. The van der Waals surface area contributed by atoms with Crippen LogP contribution in [0.2, 0.25) is 0 Å². The molecule has 0 aromatic carbocycles. The molecular weight excluding hydrogens is 160 g/mol. The summed E-state index contributed by atoms with van der Waals surface area (Å²) in [7, 11) is 0. The highest BCUT2D eigenvalue weighted by molar-refractivity contribution is 5.23. The quantitative estimate of drug-likeness (QED) is 0.498. The maximum absolute atomic E-state index is 9.82. The number of rotatable bonds is 3. The third kappa shape index (κ3) is 2.61. The molecule has 5 heteroatoms. The van der Waals surface area contributed by atoms with Gasteiger partial charge in [0.1, 0.15) is 6.61 Å². The van der Waals surface area contributed by atoms with Crippen LogP contribution in [0.1, 0.15) is 6.92 Å². The van der Waals surface area contributed by atoms with Crippen molar-refractivity contribution in [1.82, 2.24) is 5.32 Å². The molecule has 0 fully saturated rings. The molecule has 0 aromatic heterocycles. The predicted octanol–water partition coefficient (Wildman–Crippen LogP) is 0.627. The van der Waals surface area contributed by atoms with E-state index in [2.05, 4.69) is 10.2 Å². The second-order valence-corrected chi connectivity index (χ2v) is 2.53. The lowest BCUT2D eigenvalue weighted by atomic mass is 10.2. The highest BCUT2D eigenvalue weighted by Crippen LogP contribution is 2.03. The van der Waals surface area contributed by atoms with E-state index in [9.17, 15) is 10.1 Å². The Morgan fingerprint density at radius 1 is 1.83 bits per heavy atom. The third-order valence-corrected chi connectivity index (χ3v) is 1.47. The molecule has 1 aliphatic heterocycles. The first-order valence-electron chi connectivity index (χ1n) is 3.59. The van der Waals surface area contributed by atoms with Gasteiger partial charge in [-0.3, -0.25) is 0 Å². The lowest BCUT2D eigenvalue weighted by Gasteiger charge is -2.13. The molecule has 12 heavy (non-hydrogen) atoms. The first kappa shape index (κ1) is 8.58. The summed E-state index contributed by atoms with van der Waals surface area (Å²) in [4.78, 5) is 14.0. The average Bonchev–Trinajstić information content (AvgIpc) is 2.03. The molecule has 0 spiro atoms. The van der Waals surface area contributed by atoms with E-state index in [0.29, 0.717) is 0 Å². The van der Waals surface area contributed by atoms with E-state index in [-0.39, 0.29) is 12.6 Å². The molecule has 0 aromatic rings. The van der Waals surface area contributed by atoms with Crippen molar-refractivity contribution in [2.75, 3.05) is 6.61 Å². The van der Waals surface area contributed by atoms with Gasteiger partial charge in [-0.1, -0.05) is 12.2 Å². The Hall–Kier alpha value is -1.52. The zero-order valence-electron chi connectivity index (χ0n) is 6.69. The first-order valence-corrected chi connectivity index (χ1v) is 3.59. The molecule has 0 saturated heterocycles. The van der Waals surface area contributed by atoms with E-state index in [1.54, 1.807) is 6.20 Å². The zero-order chi connectivity index (χ0) is 8.97. The molecule has 0 radical (unpaired) electrons. The van der Waals surface area contributed by atoms with Gasteiger partial charge in [0.05, 0.1) is 0 Å². The van der Waals surface area contributed by atoms with Gasteiger partial charge in [-0.25, -0.2) is 0 Å². The minimum absolute atomic E-state index is 0.00319. The molecule has 1 N–H and O–H groups in total. The Morgan fingerprint density at radius 2 is 2.58 bits per heavy atom. The van der Waals surface area contributed by atoms with Crippen molar-refractivity contribution in [3.8, 4) is 0 Å². The fourth-order valence-corrected chi connectivity index (χ4v) is 0.827. The van der Waals surface area contributed by atoms with Crippen molar-refractivity contribution in [3.63, 3.8) is 0 Å². The Labute approximate surface area is 69.8 Å². The normalized spacial score (nSPS) is 21.1. The molecule has 66 valence electrons. The highest BCUT2D eigenvalue weighted by atomic mass is 16.9. The summed E-state index contributed by atoms with van der Waals surface area (Å²) < 4.78 is 0. The fraction of sp³-hybridized carbons (Fsp3) is 0.429. The largest absolute Gasteiger partial charge is 0.385 e. The van der Waals surface area contributed by atoms with Gasteiger partial charge in [-0.05, 0) is 12.5 Å². The van der Waals surface area contributed by atoms with E-state index in [1.807, 2.05) is 19.1 Å². The van der Waals surface area contributed by atoms with Gasteiger partial charge < -0.3 is 10.2 Å². The lowest BCUT2D eigenvalue weighted by Crippen LogP contribution is -2.22. The van der Waals surface area contributed by atoms with Gasteiger partial charge in [0.2, 0.25) is 0 Å². The number of nitrogens with zero attached hydrogens (tertiary/aromatic N) is 1. The van der Waals surface area contributed by atoms with Crippen molar-refractivity contribution in [3.05, 3.63) is 34.0 Å². The van der Waals surface area contributed by atoms with Crippen LogP contribution in [-0.2, 0) is 4.84 Å². The van der Waals surface area contributed by atoms with E-state index in [4.69, 9.17) is 0 Å². The van der Waals surface area contributed by atoms with Crippen LogP contribution in [0.3, 0.4) is 0 Å². The average molecular weight is 170 g/mol. The van der Waals surface area contributed by atoms with Crippen LogP contribution in [0.25, 0.3) is 0 Å². The molecule has 1 unspecified atom stereocenters. The van der Waals surface area contributed by atoms with E-state index in [1.165, 1.54) is 0 Å². The summed E-state index contributed by atoms with van der Waals surface area (Å²) in [5.41, 5.74) is 0.768. The van der Waals surface area contributed by atoms with Gasteiger partial charge in [0.15, 0.2) is 0 Å². The molecular formula is C7H10N2O3. The summed E-state index contributed by atoms with van der Waals surface area (Å²) in [5, 5.41) is 12.0. The number of hydrogen-bond acceptors (Lipinski definition) is 4. The van der Waals surface area contributed by atoms with Gasteiger partial charge in [0.25, 0.3) is 5.09 Å². The van der Waals surface area contributed by atoms with Gasteiger partial charge in [-0.15, -0.1) is 10.1 Å². The topological polar surface area (TPSA) is 64.4 Å². The third-order valence-electron chi connectivity index (χ3n) is 1.47. The summed E-state index contributed by atoms with van der Waals surface area (Å²) in [6.07, 6.45) is 5.44. The maximum Gasteiger partial charge on any atom is 0.294 e. The molecule has 0 aliphatic carbocycles. The van der Waals surface area contributed by atoms with Crippen LogP contribution in [-0.4, -0.2) is 17.7 Å². The summed E-state index contributed by atoms with van der Waals surface area (Å²) in [6, 6.07) is 0.282. The summed E-state index contributed by atoms with van der Waals surface area (Å²) in [5.74, 6) is 0. The number of hydrogen-bond donors (Lipinski definition) is 1. The van der Waals surface area contributed by atoms with Gasteiger partial charge in [0, 0.05) is 12.2 Å². The van der Waals surface area contributed by atoms with Crippen molar-refractivity contribution < 1.29 is 9.92 Å². The first-order chi connectivity index (χ1) is 5.68. The molecule has 5 nitrogen and oxygen atoms in total. The zero-order valence-corrected chi connectivity index (χ0v) is 6.69. The molecule has 0 amide bonds. The van der Waals surface area contributed by atoms with Crippen LogP contribution in [0, 0.1) is 10.1 Å². The van der Waals surface area contributed by atoms with Crippen LogP contribution < -0.4 is 5.32 Å². The van der Waals surface area contributed by atoms with Crippen molar-refractivity contribution >= 4 is 0 Å². The Balaban J connectivity index is 2.35. The minimum Gasteiger partial charge on any atom is -0.385 e. The minimum atomic E-state index is -0.799. The summed E-state index contributed by atoms with van der Waals surface area (Å²) >= 11 is 0. The van der Waals surface area contributed by atoms with Crippen LogP contribution in [0.15, 0.2) is 23.9 Å². The van der Waals surface area contributed by atoms with Crippen molar-refractivity contribution in [1.29, 1.82) is 0 Å². The smallest absolute Gasteiger partial charge is 0.294 e. The molecule has 0 saturated carbocycles. The molecule has 0 bridgehead atoms. The second-order valence-electron chi connectivity index (χ2n) is 2.53. The molecule has 1 heterocycles. The van der Waals surface area contributed by atoms with Gasteiger partial charge >= 0.3 is 0 Å². The van der Waals surface area contributed by atoms with Crippen molar-refractivity contribution in [2.45, 2.75) is 13.0 Å². The van der Waals surface area contributed by atoms with E-state index >= 15 is 0 Å². The second kappa shape index (κ2) is 3.75. The predicted molar refractivity (Wildman–Crippen MR) is 42.8 cm³/mol. The van der Waals surface area contributed by atoms with E-state index < -0.39 is 5.09 Å². The Kier molecular flexibility index (Phi) is 2.68. The fourth-order valence-electron chi connectivity index (χ4n) is 0.827. The molecule has 1 rings (SSSR count). The number of nitrogens with one attached hydrogen (secondary N) is 1. The Morgan fingerprint density at radius 3 is 3.08 bits per heavy atom. The highest BCUT2D eigenvalue weighted by Gasteiger charge is 2.03. The SMILES string of the molecule is CC1C=CC(CO[N+](=O)[O-])=CN1. The van der Waals surface area contributed by atoms with Crippen molar-refractivity contribution in [2.24, 2.45) is 0 Å². The van der Waals surface area contributed by atoms with Crippen LogP contribution >= 0.6 is 0 Å². The lowest BCUT2D eigenvalue weighted by molar-refractivity contribution is -0.755. The standard InChI is InChI=1S/C7H10N2O3/c1-6-2-3-7(4-8-6)5-12-9(10)11/h2-4,6,8H,5H2,1H3. The van der Waals surface area contributed by atoms with E-state index in [0.717, 1.165) is 5.57 Å². The monoisotopic (exact) mass is 170 g/mol. The number of dihydropyridines is 1. The molecule has 1 aliphatic rings. The van der Waals surface area contributed by atoms with Gasteiger partial charge in [-0.2, -0.15) is 0 Å². The van der Waals surface area contributed by atoms with Crippen LogP contribution in [0.4, 0.5) is 0 Å². The van der Waals surface area contributed by atoms with Crippen LogP contribution in [0.5, 0.6) is 0 Å². The maximum atomic E-state index is 9.82.